The Labute approximate surface area is 119 Å². The maximum absolute atomic E-state index is 5.87. The van der Waals surface area contributed by atoms with Crippen LogP contribution in [0.3, 0.4) is 0 Å². The number of rotatable bonds is 4. The third-order valence-electron chi connectivity index (χ3n) is 2.87. The molecule has 0 spiro atoms. The number of hydrogen-bond acceptors (Lipinski definition) is 3. The molecule has 2 N–H and O–H groups in total. The van der Waals surface area contributed by atoms with Crippen LogP contribution in [0.1, 0.15) is 23.9 Å². The Morgan fingerprint density at radius 1 is 1.35 bits per heavy atom. The second kappa shape index (κ2) is 6.78. The molecule has 1 heterocycles. The van der Waals surface area contributed by atoms with Crippen molar-refractivity contribution >= 4 is 0 Å². The van der Waals surface area contributed by atoms with Crippen molar-refractivity contribution in [3.8, 4) is 17.6 Å². The van der Waals surface area contributed by atoms with E-state index < -0.39 is 0 Å². The molecule has 0 amide bonds. The third-order valence-corrected chi connectivity index (χ3v) is 2.87. The predicted octanol–water partition coefficient (Wildman–Crippen LogP) is 2.10. The maximum Gasteiger partial charge on any atom is 0.135 e. The smallest absolute Gasteiger partial charge is 0.135 e. The number of benzene rings is 1. The van der Waals surface area contributed by atoms with E-state index in [1.54, 1.807) is 0 Å². The Hall–Kier alpha value is -2.25. The number of hydrogen-bond donors (Lipinski definition) is 1. The average Bonchev–Trinajstić information content (AvgIpc) is 2.84. The molecule has 0 radical (unpaired) electrons. The molecule has 1 aromatic carbocycles. The lowest BCUT2D eigenvalue weighted by atomic mass is 10.2. The molecule has 104 valence electrons. The summed E-state index contributed by atoms with van der Waals surface area (Å²) in [6.07, 6.45) is 0. The molecule has 4 heteroatoms. The fourth-order valence-electron chi connectivity index (χ4n) is 1.98. The van der Waals surface area contributed by atoms with E-state index in [1.807, 2.05) is 41.9 Å². The van der Waals surface area contributed by atoms with Gasteiger partial charge in [-0.1, -0.05) is 24.0 Å². The third kappa shape index (κ3) is 3.40. The molecule has 2 rings (SSSR count). The summed E-state index contributed by atoms with van der Waals surface area (Å²) in [6.45, 7) is 5.71. The Morgan fingerprint density at radius 3 is 2.90 bits per heavy atom. The second-order valence-electron chi connectivity index (χ2n) is 4.38. The van der Waals surface area contributed by atoms with E-state index in [9.17, 15) is 0 Å². The van der Waals surface area contributed by atoms with Crippen LogP contribution in [-0.4, -0.2) is 16.3 Å². The lowest BCUT2D eigenvalue weighted by molar-refractivity contribution is 0.291. The van der Waals surface area contributed by atoms with Gasteiger partial charge in [-0.05, 0) is 32.0 Å². The van der Waals surface area contributed by atoms with Crippen molar-refractivity contribution in [2.24, 2.45) is 5.73 Å². The molecule has 0 aliphatic heterocycles. The molecule has 0 atom stereocenters. The fourth-order valence-corrected chi connectivity index (χ4v) is 1.98. The molecule has 2 aromatic rings. The van der Waals surface area contributed by atoms with Gasteiger partial charge in [0.15, 0.2) is 0 Å². The van der Waals surface area contributed by atoms with E-state index in [2.05, 4.69) is 23.9 Å². The molecule has 0 saturated heterocycles. The van der Waals surface area contributed by atoms with Gasteiger partial charge in [0, 0.05) is 6.54 Å². The first-order valence-electron chi connectivity index (χ1n) is 6.68. The Bertz CT molecular complexity index is 635. The fraction of sp³-hybridized carbons (Fsp3) is 0.312. The SMILES string of the molecule is CCn1nc(C)cc1COc1ccccc1C#CCN. The summed E-state index contributed by atoms with van der Waals surface area (Å²) >= 11 is 0. The van der Waals surface area contributed by atoms with Gasteiger partial charge in [-0.15, -0.1) is 0 Å². The van der Waals surface area contributed by atoms with Crippen LogP contribution in [0.2, 0.25) is 0 Å². The number of nitrogens with zero attached hydrogens (tertiary/aromatic N) is 2. The van der Waals surface area contributed by atoms with Gasteiger partial charge >= 0.3 is 0 Å². The minimum atomic E-state index is 0.343. The standard InChI is InChI=1S/C16H19N3O/c1-3-19-15(11-13(2)18-19)12-20-16-9-5-4-7-14(16)8-6-10-17/h4-5,7,9,11H,3,10,12,17H2,1-2H3. The van der Waals surface area contributed by atoms with Crippen molar-refractivity contribution in [1.29, 1.82) is 0 Å². The van der Waals surface area contributed by atoms with E-state index in [-0.39, 0.29) is 0 Å². The number of para-hydroxylation sites is 1. The van der Waals surface area contributed by atoms with Crippen molar-refractivity contribution in [3.63, 3.8) is 0 Å². The monoisotopic (exact) mass is 269 g/mol. The molecule has 0 aliphatic carbocycles. The van der Waals surface area contributed by atoms with Crippen LogP contribution in [0.5, 0.6) is 5.75 Å². The Kier molecular flexibility index (Phi) is 4.80. The highest BCUT2D eigenvalue weighted by atomic mass is 16.5. The zero-order valence-corrected chi connectivity index (χ0v) is 11.9. The van der Waals surface area contributed by atoms with Gasteiger partial charge in [0.05, 0.1) is 23.5 Å². The number of nitrogens with two attached hydrogens (primary N) is 1. The minimum Gasteiger partial charge on any atom is -0.486 e. The Morgan fingerprint density at radius 2 is 2.15 bits per heavy atom. The molecule has 4 nitrogen and oxygen atoms in total. The quantitative estimate of drug-likeness (QED) is 0.865. The average molecular weight is 269 g/mol. The molecular formula is C16H19N3O. The van der Waals surface area contributed by atoms with Crippen LogP contribution in [-0.2, 0) is 13.2 Å². The summed E-state index contributed by atoms with van der Waals surface area (Å²) in [7, 11) is 0. The van der Waals surface area contributed by atoms with Gasteiger partial charge in [-0.2, -0.15) is 5.10 Å². The second-order valence-corrected chi connectivity index (χ2v) is 4.38. The van der Waals surface area contributed by atoms with E-state index in [0.717, 1.165) is 29.2 Å². The van der Waals surface area contributed by atoms with Crippen LogP contribution in [0.25, 0.3) is 0 Å². The summed E-state index contributed by atoms with van der Waals surface area (Å²) in [6, 6.07) is 9.76. The molecule has 0 aliphatic rings. The molecular weight excluding hydrogens is 250 g/mol. The summed E-state index contributed by atoms with van der Waals surface area (Å²) in [4.78, 5) is 0. The summed E-state index contributed by atoms with van der Waals surface area (Å²) in [5, 5.41) is 4.41. The van der Waals surface area contributed by atoms with Crippen molar-refractivity contribution in [1.82, 2.24) is 9.78 Å². The van der Waals surface area contributed by atoms with Gasteiger partial charge in [-0.3, -0.25) is 4.68 Å². The molecule has 0 fully saturated rings. The van der Waals surface area contributed by atoms with Gasteiger partial charge in [0.2, 0.25) is 0 Å². The number of ether oxygens (including phenoxy) is 1. The van der Waals surface area contributed by atoms with Crippen molar-refractivity contribution in [2.45, 2.75) is 27.0 Å². The van der Waals surface area contributed by atoms with Crippen molar-refractivity contribution in [3.05, 3.63) is 47.3 Å². The van der Waals surface area contributed by atoms with Crippen LogP contribution >= 0.6 is 0 Å². The highest BCUT2D eigenvalue weighted by Crippen LogP contribution is 2.18. The first-order chi connectivity index (χ1) is 9.74. The zero-order chi connectivity index (χ0) is 14.4. The van der Waals surface area contributed by atoms with Gasteiger partial charge in [0.25, 0.3) is 0 Å². The summed E-state index contributed by atoms with van der Waals surface area (Å²) in [5.41, 5.74) is 8.33. The highest BCUT2D eigenvalue weighted by molar-refractivity contribution is 5.46. The molecule has 0 saturated carbocycles. The molecule has 0 bridgehead atoms. The summed E-state index contributed by atoms with van der Waals surface area (Å²) < 4.78 is 7.82. The Balaban J connectivity index is 2.14. The van der Waals surface area contributed by atoms with Crippen LogP contribution < -0.4 is 10.5 Å². The predicted molar refractivity (Wildman–Crippen MR) is 79.3 cm³/mol. The normalized spacial score (nSPS) is 9.95. The van der Waals surface area contributed by atoms with E-state index in [4.69, 9.17) is 10.5 Å². The van der Waals surface area contributed by atoms with Crippen LogP contribution in [0.4, 0.5) is 0 Å². The summed E-state index contributed by atoms with van der Waals surface area (Å²) in [5.74, 6) is 6.64. The minimum absolute atomic E-state index is 0.343. The van der Waals surface area contributed by atoms with E-state index in [0.29, 0.717) is 13.2 Å². The zero-order valence-electron chi connectivity index (χ0n) is 11.9. The van der Waals surface area contributed by atoms with Crippen molar-refractivity contribution < 1.29 is 4.74 Å². The van der Waals surface area contributed by atoms with Crippen LogP contribution in [0, 0.1) is 18.8 Å². The van der Waals surface area contributed by atoms with E-state index >= 15 is 0 Å². The van der Waals surface area contributed by atoms with Gasteiger partial charge < -0.3 is 10.5 Å². The lowest BCUT2D eigenvalue weighted by Gasteiger charge is -2.09. The molecule has 1 aromatic heterocycles. The largest absolute Gasteiger partial charge is 0.486 e. The van der Waals surface area contributed by atoms with Crippen LogP contribution in [0.15, 0.2) is 30.3 Å². The topological polar surface area (TPSA) is 53.1 Å². The highest BCUT2D eigenvalue weighted by Gasteiger charge is 2.06. The molecule has 0 unspecified atom stereocenters. The first-order valence-corrected chi connectivity index (χ1v) is 6.68. The number of aryl methyl sites for hydroxylation is 2. The van der Waals surface area contributed by atoms with Gasteiger partial charge in [-0.25, -0.2) is 0 Å². The lowest BCUT2D eigenvalue weighted by Crippen LogP contribution is -2.06. The van der Waals surface area contributed by atoms with Crippen molar-refractivity contribution in [2.75, 3.05) is 6.54 Å². The molecule has 20 heavy (non-hydrogen) atoms. The first kappa shape index (κ1) is 14.2. The van der Waals surface area contributed by atoms with E-state index in [1.165, 1.54) is 0 Å². The van der Waals surface area contributed by atoms with Gasteiger partial charge in [0.1, 0.15) is 12.4 Å². The number of aromatic nitrogens is 2. The maximum atomic E-state index is 5.87.